The number of nitrogen functional groups attached to an aromatic ring is 1. The van der Waals surface area contributed by atoms with E-state index in [4.69, 9.17) is 17.3 Å². The van der Waals surface area contributed by atoms with Gasteiger partial charge in [0.05, 0.1) is 5.02 Å². The van der Waals surface area contributed by atoms with Crippen LogP contribution in [0.3, 0.4) is 0 Å². The number of benzene rings is 1. The van der Waals surface area contributed by atoms with Crippen LogP contribution in [0.1, 0.15) is 0 Å². The van der Waals surface area contributed by atoms with Crippen LogP contribution in [-0.4, -0.2) is 9.97 Å². The Bertz CT molecular complexity index is 562. The van der Waals surface area contributed by atoms with Crippen molar-refractivity contribution in [3.05, 3.63) is 38.5 Å². The Morgan fingerprint density at radius 3 is 2.71 bits per heavy atom. The quantitative estimate of drug-likeness (QED) is 0.830. The molecule has 0 saturated heterocycles. The lowest BCUT2D eigenvalue weighted by Gasteiger charge is -2.09. The van der Waals surface area contributed by atoms with Crippen LogP contribution in [0.4, 0.5) is 17.3 Å². The van der Waals surface area contributed by atoms with Gasteiger partial charge in [-0.1, -0.05) is 11.6 Å². The lowest BCUT2D eigenvalue weighted by molar-refractivity contribution is 1.16. The molecule has 0 spiro atoms. The van der Waals surface area contributed by atoms with Crippen LogP contribution in [0.25, 0.3) is 0 Å². The Balaban J connectivity index is 2.31. The molecule has 1 aromatic heterocycles. The van der Waals surface area contributed by atoms with Crippen molar-refractivity contribution in [2.45, 2.75) is 0 Å². The lowest BCUT2D eigenvalue weighted by atomic mass is 10.3. The Hall–Kier alpha value is -0.850. The molecule has 0 amide bonds. The fraction of sp³-hybridized carbons (Fsp3) is 0. The summed E-state index contributed by atoms with van der Waals surface area (Å²) in [4.78, 5) is 7.95. The summed E-state index contributed by atoms with van der Waals surface area (Å²) in [6.45, 7) is 0. The van der Waals surface area contributed by atoms with E-state index in [0.29, 0.717) is 21.1 Å². The summed E-state index contributed by atoms with van der Waals surface area (Å²) in [5, 5.41) is 3.76. The summed E-state index contributed by atoms with van der Waals surface area (Å²) >= 11 is 12.6. The minimum absolute atomic E-state index is 0.385. The molecule has 88 valence electrons. The predicted molar refractivity (Wildman–Crippen MR) is 76.6 cm³/mol. The molecule has 4 nitrogen and oxygen atoms in total. The number of nitrogens with zero attached hydrogens (tertiary/aromatic N) is 2. The monoisotopic (exact) mass is 376 g/mol. The third-order valence-corrected chi connectivity index (χ3v) is 3.99. The highest BCUT2D eigenvalue weighted by Gasteiger charge is 2.06. The van der Waals surface area contributed by atoms with Gasteiger partial charge in [0.1, 0.15) is 22.4 Å². The number of nitrogens with one attached hydrogen (secondary N) is 1. The van der Waals surface area contributed by atoms with Gasteiger partial charge in [-0.2, -0.15) is 0 Å². The highest BCUT2D eigenvalue weighted by molar-refractivity contribution is 9.11. The molecule has 0 bridgehead atoms. The van der Waals surface area contributed by atoms with E-state index in [1.165, 1.54) is 6.33 Å². The molecule has 0 aliphatic heterocycles. The Morgan fingerprint density at radius 2 is 2.00 bits per heavy atom. The number of hydrogen-bond donors (Lipinski definition) is 2. The summed E-state index contributed by atoms with van der Waals surface area (Å²) in [6.07, 6.45) is 1.40. The minimum atomic E-state index is 0.385. The Morgan fingerprint density at radius 1 is 1.24 bits per heavy atom. The maximum Gasteiger partial charge on any atom is 0.150 e. The Labute approximate surface area is 120 Å². The summed E-state index contributed by atoms with van der Waals surface area (Å²) < 4.78 is 1.44. The number of aromatic nitrogens is 2. The van der Waals surface area contributed by atoms with Crippen LogP contribution in [0.5, 0.6) is 0 Å². The number of nitrogens with two attached hydrogens (primary N) is 1. The van der Waals surface area contributed by atoms with Gasteiger partial charge in [0.25, 0.3) is 0 Å². The second kappa shape index (κ2) is 5.20. The molecule has 1 aromatic carbocycles. The second-order valence-corrected chi connectivity index (χ2v) is 5.23. The van der Waals surface area contributed by atoms with E-state index in [1.807, 2.05) is 12.1 Å². The third-order valence-electron chi connectivity index (χ3n) is 2.00. The maximum absolute atomic E-state index is 5.91. The molecule has 0 radical (unpaired) electrons. The van der Waals surface area contributed by atoms with E-state index in [2.05, 4.69) is 47.1 Å². The highest BCUT2D eigenvalue weighted by Crippen LogP contribution is 2.30. The molecule has 0 aliphatic carbocycles. The van der Waals surface area contributed by atoms with Crippen molar-refractivity contribution in [1.82, 2.24) is 9.97 Å². The van der Waals surface area contributed by atoms with Crippen LogP contribution in [0.15, 0.2) is 33.5 Å². The van der Waals surface area contributed by atoms with Crippen molar-refractivity contribution < 1.29 is 0 Å². The molecule has 0 unspecified atom stereocenters. The van der Waals surface area contributed by atoms with Crippen molar-refractivity contribution >= 4 is 60.8 Å². The van der Waals surface area contributed by atoms with Gasteiger partial charge >= 0.3 is 0 Å². The zero-order valence-electron chi connectivity index (χ0n) is 8.42. The molecule has 0 saturated carbocycles. The van der Waals surface area contributed by atoms with Crippen LogP contribution in [0.2, 0.25) is 5.02 Å². The van der Waals surface area contributed by atoms with Gasteiger partial charge in [0.2, 0.25) is 0 Å². The van der Waals surface area contributed by atoms with Crippen molar-refractivity contribution in [2.75, 3.05) is 11.1 Å². The van der Waals surface area contributed by atoms with E-state index in [0.717, 1.165) is 10.2 Å². The second-order valence-electron chi connectivity index (χ2n) is 3.18. The largest absolute Gasteiger partial charge is 0.383 e. The summed E-state index contributed by atoms with van der Waals surface area (Å²) in [6, 6.07) is 5.48. The number of hydrogen-bond acceptors (Lipinski definition) is 4. The van der Waals surface area contributed by atoms with Crippen LogP contribution in [-0.2, 0) is 0 Å². The molecule has 1 heterocycles. The smallest absolute Gasteiger partial charge is 0.150 e. The summed E-state index contributed by atoms with van der Waals surface area (Å²) in [7, 11) is 0. The van der Waals surface area contributed by atoms with Gasteiger partial charge in [0.15, 0.2) is 0 Å². The van der Waals surface area contributed by atoms with E-state index < -0.39 is 0 Å². The molecule has 7 heteroatoms. The van der Waals surface area contributed by atoms with E-state index in [9.17, 15) is 0 Å². The minimum Gasteiger partial charge on any atom is -0.383 e. The van der Waals surface area contributed by atoms with Crippen LogP contribution in [0, 0.1) is 0 Å². The van der Waals surface area contributed by atoms with Gasteiger partial charge in [-0.3, -0.25) is 0 Å². The molecule has 0 fully saturated rings. The maximum atomic E-state index is 5.91. The van der Waals surface area contributed by atoms with E-state index in [-0.39, 0.29) is 0 Å². The van der Waals surface area contributed by atoms with Gasteiger partial charge in [-0.25, -0.2) is 9.97 Å². The van der Waals surface area contributed by atoms with Gasteiger partial charge in [-0.15, -0.1) is 0 Å². The highest BCUT2D eigenvalue weighted by atomic mass is 79.9. The van der Waals surface area contributed by atoms with Crippen molar-refractivity contribution in [2.24, 2.45) is 0 Å². The zero-order chi connectivity index (χ0) is 12.4. The summed E-state index contributed by atoms with van der Waals surface area (Å²) in [5.74, 6) is 0.988. The third kappa shape index (κ3) is 2.88. The first-order valence-corrected chi connectivity index (χ1v) is 6.52. The SMILES string of the molecule is Nc1ncnc(Nc2ccc(Cl)c(Br)c2)c1Br. The molecule has 2 aromatic rings. The first-order valence-electron chi connectivity index (χ1n) is 4.56. The number of rotatable bonds is 2. The van der Waals surface area contributed by atoms with Crippen LogP contribution >= 0.6 is 43.5 Å². The predicted octanol–water partition coefficient (Wildman–Crippen LogP) is 3.98. The first-order chi connectivity index (χ1) is 8.08. The molecule has 2 rings (SSSR count). The van der Waals surface area contributed by atoms with Gasteiger partial charge in [0, 0.05) is 10.2 Å². The average molecular weight is 378 g/mol. The molecule has 3 N–H and O–H groups in total. The summed E-state index contributed by atoms with van der Waals surface area (Å²) in [5.41, 5.74) is 6.51. The van der Waals surface area contributed by atoms with Crippen LogP contribution < -0.4 is 11.1 Å². The Kier molecular flexibility index (Phi) is 3.86. The van der Waals surface area contributed by atoms with Crippen molar-refractivity contribution in [1.29, 1.82) is 0 Å². The zero-order valence-corrected chi connectivity index (χ0v) is 12.3. The van der Waals surface area contributed by atoms with E-state index >= 15 is 0 Å². The lowest BCUT2D eigenvalue weighted by Crippen LogP contribution is -1.99. The molecule has 0 aliphatic rings. The van der Waals surface area contributed by atoms with Gasteiger partial charge in [-0.05, 0) is 50.1 Å². The topological polar surface area (TPSA) is 63.8 Å². The fourth-order valence-corrected chi connectivity index (χ4v) is 1.98. The first kappa shape index (κ1) is 12.6. The number of anilines is 3. The molecular weight excluding hydrogens is 371 g/mol. The van der Waals surface area contributed by atoms with E-state index in [1.54, 1.807) is 6.07 Å². The van der Waals surface area contributed by atoms with Crippen molar-refractivity contribution in [3.8, 4) is 0 Å². The molecule has 17 heavy (non-hydrogen) atoms. The van der Waals surface area contributed by atoms with Gasteiger partial charge < -0.3 is 11.1 Å². The number of halogens is 3. The standard InChI is InChI=1S/C10H7Br2ClN4/c11-6-3-5(1-2-7(6)13)17-10-8(12)9(14)15-4-16-10/h1-4H,(H3,14,15,16,17). The normalized spacial score (nSPS) is 10.3. The fourth-order valence-electron chi connectivity index (χ4n) is 1.18. The average Bonchev–Trinajstić information content (AvgIpc) is 2.30. The molecular formula is C10H7Br2ClN4. The molecule has 0 atom stereocenters. The van der Waals surface area contributed by atoms with Crippen molar-refractivity contribution in [3.63, 3.8) is 0 Å².